The molecule has 2 aromatic rings. The maximum Gasteiger partial charge on any atom is 0.151 e. The highest BCUT2D eigenvalue weighted by molar-refractivity contribution is 5.56. The molecule has 0 saturated carbocycles. The number of fused-ring (bicyclic) bond motifs is 1. The Morgan fingerprint density at radius 2 is 2.20 bits per heavy atom. The Balaban J connectivity index is 1.98. The Morgan fingerprint density at radius 1 is 1.40 bits per heavy atom. The lowest BCUT2D eigenvalue weighted by atomic mass is 10.1. The van der Waals surface area contributed by atoms with Crippen molar-refractivity contribution in [2.45, 2.75) is 25.3 Å². The van der Waals surface area contributed by atoms with E-state index in [-0.39, 0.29) is 0 Å². The summed E-state index contributed by atoms with van der Waals surface area (Å²) >= 11 is 0. The lowest BCUT2D eigenvalue weighted by molar-refractivity contribution is 0.0853. The van der Waals surface area contributed by atoms with Crippen LogP contribution in [-0.2, 0) is 11.2 Å². The predicted molar refractivity (Wildman–Crippen MR) is 80.2 cm³/mol. The molecule has 1 aliphatic heterocycles. The molecule has 0 aromatic carbocycles. The lowest BCUT2D eigenvalue weighted by Crippen LogP contribution is -2.37. The monoisotopic (exact) mass is 274 g/mol. The zero-order valence-corrected chi connectivity index (χ0v) is 12.0. The Bertz CT molecular complexity index is 574. The van der Waals surface area contributed by atoms with Gasteiger partial charge in [-0.1, -0.05) is 6.07 Å². The number of nitrogens with two attached hydrogens (primary N) is 1. The second kappa shape index (κ2) is 5.81. The fourth-order valence-corrected chi connectivity index (χ4v) is 2.93. The Morgan fingerprint density at radius 3 is 2.95 bits per heavy atom. The summed E-state index contributed by atoms with van der Waals surface area (Å²) < 4.78 is 7.60. The second-order valence-corrected chi connectivity index (χ2v) is 5.30. The van der Waals surface area contributed by atoms with Crippen LogP contribution in [0.25, 0.3) is 5.65 Å². The molecular weight excluding hydrogens is 252 g/mol. The molecule has 108 valence electrons. The van der Waals surface area contributed by atoms with Crippen molar-refractivity contribution in [1.82, 2.24) is 9.38 Å². The molecule has 2 aromatic heterocycles. The number of pyridine rings is 1. The summed E-state index contributed by atoms with van der Waals surface area (Å²) in [5.74, 6) is 1.06. The van der Waals surface area contributed by atoms with E-state index in [0.717, 1.165) is 43.9 Å². The van der Waals surface area contributed by atoms with Crippen LogP contribution >= 0.6 is 0 Å². The first-order valence-corrected chi connectivity index (χ1v) is 7.28. The minimum Gasteiger partial charge on any atom is -0.381 e. The first-order chi connectivity index (χ1) is 9.81. The van der Waals surface area contributed by atoms with Gasteiger partial charge in [0.1, 0.15) is 5.65 Å². The average Bonchev–Trinajstić information content (AvgIpc) is 2.87. The maximum atomic E-state index is 5.78. The van der Waals surface area contributed by atoms with Crippen LogP contribution in [0.15, 0.2) is 24.4 Å². The highest BCUT2D eigenvalue weighted by Crippen LogP contribution is 2.25. The number of hydrogen-bond donors (Lipinski definition) is 1. The number of ether oxygens (including phenoxy) is 1. The molecule has 2 N–H and O–H groups in total. The predicted octanol–water partition coefficient (Wildman–Crippen LogP) is 1.45. The Kier molecular flexibility index (Phi) is 3.89. The molecule has 0 amide bonds. The maximum absolute atomic E-state index is 5.78. The molecule has 0 unspecified atom stereocenters. The summed E-state index contributed by atoms with van der Waals surface area (Å²) in [6.45, 7) is 2.32. The minimum atomic E-state index is 0.505. The van der Waals surface area contributed by atoms with Crippen molar-refractivity contribution in [3.63, 3.8) is 0 Å². The van der Waals surface area contributed by atoms with Crippen LogP contribution in [0.4, 0.5) is 5.82 Å². The van der Waals surface area contributed by atoms with E-state index in [1.165, 1.54) is 5.69 Å². The number of hydrogen-bond acceptors (Lipinski definition) is 4. The third kappa shape index (κ3) is 2.39. The van der Waals surface area contributed by atoms with Crippen molar-refractivity contribution in [1.29, 1.82) is 0 Å². The van der Waals surface area contributed by atoms with Crippen LogP contribution in [0.2, 0.25) is 0 Å². The third-order valence-electron chi connectivity index (χ3n) is 4.06. The van der Waals surface area contributed by atoms with E-state index in [1.807, 2.05) is 18.2 Å². The minimum absolute atomic E-state index is 0.505. The second-order valence-electron chi connectivity index (χ2n) is 5.30. The highest BCUT2D eigenvalue weighted by Gasteiger charge is 2.23. The van der Waals surface area contributed by atoms with Gasteiger partial charge in [-0.3, -0.25) is 0 Å². The van der Waals surface area contributed by atoms with E-state index in [2.05, 4.69) is 22.5 Å². The van der Waals surface area contributed by atoms with Crippen molar-refractivity contribution >= 4 is 11.5 Å². The third-order valence-corrected chi connectivity index (χ3v) is 4.06. The summed E-state index contributed by atoms with van der Waals surface area (Å²) in [4.78, 5) is 7.10. The van der Waals surface area contributed by atoms with Crippen molar-refractivity contribution in [3.05, 3.63) is 30.1 Å². The van der Waals surface area contributed by atoms with Crippen molar-refractivity contribution in [2.75, 3.05) is 31.7 Å². The van der Waals surface area contributed by atoms with E-state index < -0.39 is 0 Å². The fraction of sp³-hybridized carbons (Fsp3) is 0.533. The quantitative estimate of drug-likeness (QED) is 0.917. The molecule has 3 heterocycles. The molecular formula is C15H22N4O. The Labute approximate surface area is 119 Å². The largest absolute Gasteiger partial charge is 0.381 e. The van der Waals surface area contributed by atoms with Crippen LogP contribution in [-0.4, -0.2) is 42.2 Å². The molecule has 1 saturated heterocycles. The van der Waals surface area contributed by atoms with Gasteiger partial charge in [0.25, 0.3) is 0 Å². The van der Waals surface area contributed by atoms with Gasteiger partial charge in [0.2, 0.25) is 0 Å². The molecule has 0 aliphatic carbocycles. The molecule has 3 rings (SSSR count). The van der Waals surface area contributed by atoms with Gasteiger partial charge >= 0.3 is 0 Å². The van der Waals surface area contributed by atoms with E-state index in [1.54, 1.807) is 0 Å². The van der Waals surface area contributed by atoms with Gasteiger partial charge in [-0.2, -0.15) is 0 Å². The van der Waals surface area contributed by atoms with Crippen LogP contribution in [0.3, 0.4) is 0 Å². The number of nitrogens with zero attached hydrogens (tertiary/aromatic N) is 3. The topological polar surface area (TPSA) is 55.8 Å². The lowest BCUT2D eigenvalue weighted by Gasteiger charge is -2.32. The van der Waals surface area contributed by atoms with Gasteiger partial charge < -0.3 is 19.8 Å². The zero-order valence-electron chi connectivity index (χ0n) is 12.0. The molecule has 0 spiro atoms. The summed E-state index contributed by atoms with van der Waals surface area (Å²) in [6.07, 6.45) is 5.03. The highest BCUT2D eigenvalue weighted by atomic mass is 16.5. The zero-order chi connectivity index (χ0) is 13.9. The van der Waals surface area contributed by atoms with Crippen molar-refractivity contribution in [2.24, 2.45) is 5.73 Å². The normalized spacial score (nSPS) is 16.7. The van der Waals surface area contributed by atoms with Crippen molar-refractivity contribution in [3.8, 4) is 0 Å². The number of anilines is 1. The molecule has 0 bridgehead atoms. The SMILES string of the molecule is CN(c1nc2ccccn2c1CCN)C1CCOCC1. The van der Waals surface area contributed by atoms with Gasteiger partial charge in [0.05, 0.1) is 5.69 Å². The standard InChI is InChI=1S/C15H22N4O/c1-18(12-6-10-20-11-7-12)15-13(5-8-16)19-9-3-2-4-14(19)17-15/h2-4,9,12H,5-8,10-11,16H2,1H3. The number of rotatable bonds is 4. The molecule has 0 radical (unpaired) electrons. The molecule has 5 nitrogen and oxygen atoms in total. The number of imidazole rings is 1. The van der Waals surface area contributed by atoms with Gasteiger partial charge in [0.15, 0.2) is 5.82 Å². The van der Waals surface area contributed by atoms with E-state index >= 15 is 0 Å². The number of aromatic nitrogens is 2. The first-order valence-electron chi connectivity index (χ1n) is 7.28. The van der Waals surface area contributed by atoms with Gasteiger partial charge in [-0.25, -0.2) is 4.98 Å². The average molecular weight is 274 g/mol. The molecule has 1 aliphatic rings. The van der Waals surface area contributed by atoms with Crippen LogP contribution in [0, 0.1) is 0 Å². The Hall–Kier alpha value is -1.59. The van der Waals surface area contributed by atoms with Crippen molar-refractivity contribution < 1.29 is 4.74 Å². The summed E-state index contributed by atoms with van der Waals surface area (Å²) in [7, 11) is 2.14. The molecule has 20 heavy (non-hydrogen) atoms. The van der Waals surface area contributed by atoms with Crippen LogP contribution in [0.5, 0.6) is 0 Å². The summed E-state index contributed by atoms with van der Waals surface area (Å²) in [6, 6.07) is 6.60. The van der Waals surface area contributed by atoms with Gasteiger partial charge in [-0.15, -0.1) is 0 Å². The van der Waals surface area contributed by atoms with E-state index in [4.69, 9.17) is 15.5 Å². The smallest absolute Gasteiger partial charge is 0.151 e. The fourth-order valence-electron chi connectivity index (χ4n) is 2.93. The van der Waals surface area contributed by atoms with Crippen LogP contribution < -0.4 is 10.6 Å². The summed E-state index contributed by atoms with van der Waals surface area (Å²) in [5.41, 5.74) is 7.97. The van der Waals surface area contributed by atoms with Gasteiger partial charge in [0, 0.05) is 38.9 Å². The molecule has 0 atom stereocenters. The van der Waals surface area contributed by atoms with Gasteiger partial charge in [-0.05, 0) is 31.5 Å². The van der Waals surface area contributed by atoms with E-state index in [9.17, 15) is 0 Å². The summed E-state index contributed by atoms with van der Waals surface area (Å²) in [5, 5.41) is 0. The molecule has 1 fully saturated rings. The van der Waals surface area contributed by atoms with Crippen LogP contribution in [0.1, 0.15) is 18.5 Å². The molecule has 5 heteroatoms. The first kappa shape index (κ1) is 13.4. The van der Waals surface area contributed by atoms with E-state index in [0.29, 0.717) is 12.6 Å².